The molecule has 2 rings (SSSR count). The van der Waals surface area contributed by atoms with E-state index >= 15 is 0 Å². The van der Waals surface area contributed by atoms with Gasteiger partial charge in [0.15, 0.2) is 0 Å². The Hall–Kier alpha value is -0.770. The summed E-state index contributed by atoms with van der Waals surface area (Å²) in [5.74, 6) is 0. The largest absolute Gasteiger partial charge is 0.369 e. The number of piperazine rings is 1. The van der Waals surface area contributed by atoms with Crippen molar-refractivity contribution in [1.29, 1.82) is 0 Å². The lowest BCUT2D eigenvalue weighted by atomic mass is 10.1. The second-order valence-corrected chi connectivity index (χ2v) is 6.86. The van der Waals surface area contributed by atoms with Crippen molar-refractivity contribution in [3.63, 3.8) is 0 Å². The van der Waals surface area contributed by atoms with Crippen LogP contribution in [0.25, 0.3) is 0 Å². The summed E-state index contributed by atoms with van der Waals surface area (Å²) in [7, 11) is 0. The molecule has 1 aromatic carbocycles. The predicted molar refractivity (Wildman–Crippen MR) is 92.3 cm³/mol. The van der Waals surface area contributed by atoms with Crippen LogP contribution in [-0.4, -0.2) is 43.2 Å². The molecule has 0 saturated carbocycles. The van der Waals surface area contributed by atoms with Crippen LogP contribution in [0.2, 0.25) is 5.02 Å². The third-order valence-electron chi connectivity index (χ3n) is 4.13. The van der Waals surface area contributed by atoms with E-state index in [1.165, 1.54) is 11.3 Å². The van der Waals surface area contributed by atoms with Crippen molar-refractivity contribution in [3.8, 4) is 0 Å². The Kier molecular flexibility index (Phi) is 5.91. The zero-order chi connectivity index (χ0) is 15.4. The number of hydrogen-bond acceptors (Lipinski definition) is 3. The minimum absolute atomic E-state index is 0.492. The molecule has 21 heavy (non-hydrogen) atoms. The topological polar surface area (TPSA) is 18.5 Å². The third-order valence-corrected chi connectivity index (χ3v) is 4.37. The summed E-state index contributed by atoms with van der Waals surface area (Å²) in [5.41, 5.74) is 2.63. The molecule has 1 N–H and O–H groups in total. The second-order valence-electron chi connectivity index (χ2n) is 6.43. The first-order valence-electron chi connectivity index (χ1n) is 7.98. The Morgan fingerprint density at radius 3 is 2.33 bits per heavy atom. The van der Waals surface area contributed by atoms with Crippen molar-refractivity contribution < 1.29 is 0 Å². The van der Waals surface area contributed by atoms with E-state index < -0.39 is 0 Å². The molecule has 0 aliphatic carbocycles. The fourth-order valence-corrected chi connectivity index (χ4v) is 2.94. The molecule has 0 unspecified atom stereocenters. The summed E-state index contributed by atoms with van der Waals surface area (Å²) in [6, 6.07) is 7.39. The fourth-order valence-electron chi connectivity index (χ4n) is 2.77. The highest BCUT2D eigenvalue weighted by molar-refractivity contribution is 6.30. The first-order chi connectivity index (χ1) is 9.97. The van der Waals surface area contributed by atoms with E-state index in [1.807, 2.05) is 6.07 Å². The van der Waals surface area contributed by atoms with Crippen molar-refractivity contribution in [2.45, 2.75) is 46.3 Å². The molecule has 1 fully saturated rings. The van der Waals surface area contributed by atoms with Gasteiger partial charge in [0.25, 0.3) is 0 Å². The first kappa shape index (κ1) is 16.6. The lowest BCUT2D eigenvalue weighted by molar-refractivity contribution is 0.209. The lowest BCUT2D eigenvalue weighted by Crippen LogP contribution is -2.49. The van der Waals surface area contributed by atoms with Gasteiger partial charge in [-0.05, 0) is 31.5 Å². The quantitative estimate of drug-likeness (QED) is 0.899. The molecule has 1 heterocycles. The Balaban J connectivity index is 2.09. The Morgan fingerprint density at radius 1 is 1.10 bits per heavy atom. The molecular weight excluding hydrogens is 282 g/mol. The minimum atomic E-state index is 0.492. The zero-order valence-corrected chi connectivity index (χ0v) is 14.5. The molecule has 3 nitrogen and oxygen atoms in total. The van der Waals surface area contributed by atoms with Gasteiger partial charge in [0.05, 0.1) is 0 Å². The molecule has 0 spiro atoms. The van der Waals surface area contributed by atoms with Gasteiger partial charge in [-0.2, -0.15) is 0 Å². The van der Waals surface area contributed by atoms with Gasteiger partial charge in [-0.15, -0.1) is 0 Å². The summed E-state index contributed by atoms with van der Waals surface area (Å²) >= 11 is 6.22. The van der Waals surface area contributed by atoms with Crippen molar-refractivity contribution in [2.24, 2.45) is 0 Å². The van der Waals surface area contributed by atoms with Crippen LogP contribution in [0.15, 0.2) is 18.2 Å². The molecule has 4 heteroatoms. The van der Waals surface area contributed by atoms with E-state index in [4.69, 9.17) is 11.6 Å². The maximum atomic E-state index is 6.22. The highest BCUT2D eigenvalue weighted by atomic mass is 35.5. The van der Waals surface area contributed by atoms with Crippen LogP contribution in [-0.2, 0) is 6.54 Å². The van der Waals surface area contributed by atoms with Gasteiger partial charge in [-0.1, -0.05) is 31.5 Å². The van der Waals surface area contributed by atoms with Gasteiger partial charge in [-0.3, -0.25) is 4.90 Å². The number of nitrogens with zero attached hydrogens (tertiary/aromatic N) is 2. The molecule has 1 aliphatic heterocycles. The van der Waals surface area contributed by atoms with Gasteiger partial charge < -0.3 is 10.2 Å². The van der Waals surface area contributed by atoms with Crippen LogP contribution in [0.4, 0.5) is 5.69 Å². The van der Waals surface area contributed by atoms with Crippen LogP contribution >= 0.6 is 11.6 Å². The minimum Gasteiger partial charge on any atom is -0.369 e. The van der Waals surface area contributed by atoms with Crippen LogP contribution in [0.1, 0.15) is 33.3 Å². The van der Waals surface area contributed by atoms with Gasteiger partial charge in [0, 0.05) is 55.5 Å². The van der Waals surface area contributed by atoms with Gasteiger partial charge in [-0.25, -0.2) is 0 Å². The van der Waals surface area contributed by atoms with Crippen molar-refractivity contribution in [2.75, 3.05) is 31.1 Å². The van der Waals surface area contributed by atoms with Crippen LogP contribution < -0.4 is 10.2 Å². The maximum Gasteiger partial charge on any atom is 0.0427 e. The predicted octanol–water partition coefficient (Wildman–Crippen LogP) is 3.37. The molecule has 0 radical (unpaired) electrons. The smallest absolute Gasteiger partial charge is 0.0427 e. The summed E-state index contributed by atoms with van der Waals surface area (Å²) < 4.78 is 0. The molecule has 1 aliphatic rings. The van der Waals surface area contributed by atoms with Crippen LogP contribution in [0, 0.1) is 0 Å². The van der Waals surface area contributed by atoms with Gasteiger partial charge in [0.1, 0.15) is 0 Å². The van der Waals surface area contributed by atoms with Crippen LogP contribution in [0.3, 0.4) is 0 Å². The van der Waals surface area contributed by atoms with E-state index in [0.717, 1.165) is 37.7 Å². The number of halogens is 1. The Bertz CT molecular complexity index is 451. The Labute approximate surface area is 134 Å². The van der Waals surface area contributed by atoms with E-state index in [-0.39, 0.29) is 0 Å². The average molecular weight is 310 g/mol. The molecular formula is C17H28ClN3. The van der Waals surface area contributed by atoms with Crippen molar-refractivity contribution in [1.82, 2.24) is 10.2 Å². The van der Waals surface area contributed by atoms with E-state index in [2.05, 4.69) is 54.9 Å². The molecule has 0 amide bonds. The highest BCUT2D eigenvalue weighted by Crippen LogP contribution is 2.26. The first-order valence-corrected chi connectivity index (χ1v) is 8.36. The van der Waals surface area contributed by atoms with Gasteiger partial charge >= 0.3 is 0 Å². The molecule has 1 aromatic rings. The summed E-state index contributed by atoms with van der Waals surface area (Å²) in [5, 5.41) is 4.33. The summed E-state index contributed by atoms with van der Waals surface area (Å²) in [6.45, 7) is 14.2. The Morgan fingerprint density at radius 2 is 1.76 bits per heavy atom. The zero-order valence-electron chi connectivity index (χ0n) is 13.7. The molecule has 118 valence electrons. The normalized spacial score (nSPS) is 17.0. The van der Waals surface area contributed by atoms with Crippen molar-refractivity contribution in [3.05, 3.63) is 28.8 Å². The number of nitrogens with one attached hydrogen (secondary N) is 1. The SMILES string of the molecule is CC(C)NCc1ccc(Cl)cc1N1CCN(C(C)C)CC1. The van der Waals surface area contributed by atoms with Crippen LogP contribution in [0.5, 0.6) is 0 Å². The number of rotatable bonds is 5. The molecule has 0 atom stereocenters. The molecule has 0 aromatic heterocycles. The van der Waals surface area contributed by atoms with Gasteiger partial charge in [0.2, 0.25) is 0 Å². The maximum absolute atomic E-state index is 6.22. The lowest BCUT2D eigenvalue weighted by Gasteiger charge is -2.39. The standard InChI is InChI=1S/C17H28ClN3/c1-13(2)19-12-15-5-6-16(18)11-17(15)21-9-7-20(8-10-21)14(3)4/h5-6,11,13-14,19H,7-10,12H2,1-4H3. The monoisotopic (exact) mass is 309 g/mol. The van der Waals surface area contributed by atoms with E-state index in [0.29, 0.717) is 12.1 Å². The number of hydrogen-bond donors (Lipinski definition) is 1. The van der Waals surface area contributed by atoms with E-state index in [1.54, 1.807) is 0 Å². The number of benzene rings is 1. The summed E-state index contributed by atoms with van der Waals surface area (Å²) in [4.78, 5) is 5.01. The average Bonchev–Trinajstić information content (AvgIpc) is 2.46. The third kappa shape index (κ3) is 4.60. The van der Waals surface area contributed by atoms with E-state index in [9.17, 15) is 0 Å². The second kappa shape index (κ2) is 7.48. The molecule has 1 saturated heterocycles. The summed E-state index contributed by atoms with van der Waals surface area (Å²) in [6.07, 6.45) is 0. The molecule has 0 bridgehead atoms. The fraction of sp³-hybridized carbons (Fsp3) is 0.647. The number of anilines is 1. The van der Waals surface area contributed by atoms with Crippen molar-refractivity contribution >= 4 is 17.3 Å². The highest BCUT2D eigenvalue weighted by Gasteiger charge is 2.20.